The smallest absolute Gasteiger partial charge is 0.181 e. The van der Waals surface area contributed by atoms with E-state index in [2.05, 4.69) is 173 Å². The van der Waals surface area contributed by atoms with Crippen molar-refractivity contribution in [2.75, 3.05) is 18.1 Å². The van der Waals surface area contributed by atoms with Gasteiger partial charge in [-0.1, -0.05) is 153 Å². The largest absolute Gasteiger partial charge is 0.485 e. The molecule has 0 spiro atoms. The second kappa shape index (κ2) is 18.5. The maximum Gasteiger partial charge on any atom is 0.181 e. The first-order valence-electron chi connectivity index (χ1n) is 25.2. The molecule has 0 amide bonds. The summed E-state index contributed by atoms with van der Waals surface area (Å²) < 4.78 is 13.0. The van der Waals surface area contributed by atoms with E-state index >= 15 is 0 Å². The van der Waals surface area contributed by atoms with Crippen molar-refractivity contribution in [3.8, 4) is 63.7 Å². The molecule has 346 valence electrons. The van der Waals surface area contributed by atoms with Crippen molar-refractivity contribution in [3.63, 3.8) is 0 Å². The average Bonchev–Trinajstić information content (AvgIpc) is 4.18. The summed E-state index contributed by atoms with van der Waals surface area (Å²) in [5.41, 5.74) is 18.3. The van der Waals surface area contributed by atoms with Gasteiger partial charge in [0, 0.05) is 37.6 Å². The van der Waals surface area contributed by atoms with E-state index in [1.807, 2.05) is 34.0 Å². The monoisotopic (exact) mass is 949 g/mol. The molecule has 3 aromatic heterocycles. The van der Waals surface area contributed by atoms with Crippen LogP contribution < -0.4 is 14.4 Å². The highest BCUT2D eigenvalue weighted by Gasteiger charge is 2.38. The van der Waals surface area contributed by atoms with Crippen molar-refractivity contribution >= 4 is 51.1 Å². The van der Waals surface area contributed by atoms with Crippen LogP contribution in [-0.2, 0) is 23.7 Å². The highest BCUT2D eigenvalue weighted by Crippen LogP contribution is 2.58. The zero-order chi connectivity index (χ0) is 46.6. The Labute approximate surface area is 416 Å². The van der Waals surface area contributed by atoms with E-state index < -0.39 is 0 Å². The quantitative estimate of drug-likeness (QED) is 0.0901. The third kappa shape index (κ3) is 7.85. The SMILES string of the molecule is CCCCCCc1cc(-c2sc(-c3sccc3CCCCCC)c3c2OCCO3)sc1-c1ccc(N(c2ccc3c(c2)C(C)(C)c2ccccc2-3)c2ccc3c(c2)C(C)(C)c2ccccc2-3)cc1. The first kappa shape index (κ1) is 45.1. The number of ether oxygens (including phenoxy) is 2. The van der Waals surface area contributed by atoms with Crippen LogP contribution in [0.15, 0.2) is 127 Å². The molecule has 3 aliphatic rings. The highest BCUT2D eigenvalue weighted by molar-refractivity contribution is 7.27. The Hall–Kier alpha value is -5.40. The number of hydrogen-bond donors (Lipinski definition) is 0. The number of hydrogen-bond acceptors (Lipinski definition) is 6. The molecular formula is C62H63NO2S3. The van der Waals surface area contributed by atoms with Crippen molar-refractivity contribution < 1.29 is 9.47 Å². The van der Waals surface area contributed by atoms with E-state index in [0.717, 1.165) is 30.0 Å². The topological polar surface area (TPSA) is 21.7 Å². The summed E-state index contributed by atoms with van der Waals surface area (Å²) in [6.45, 7) is 15.3. The second-order valence-electron chi connectivity index (χ2n) is 20.2. The molecule has 6 heteroatoms. The highest BCUT2D eigenvalue weighted by atomic mass is 32.1. The summed E-state index contributed by atoms with van der Waals surface area (Å²) in [6.07, 6.45) is 12.1. The molecule has 0 unspecified atom stereocenters. The van der Waals surface area contributed by atoms with Crippen LogP contribution in [0.5, 0.6) is 11.5 Å². The number of anilines is 3. The van der Waals surface area contributed by atoms with Gasteiger partial charge in [0.25, 0.3) is 0 Å². The fourth-order valence-electron chi connectivity index (χ4n) is 11.3. The number of benzene rings is 5. The molecule has 2 aliphatic carbocycles. The predicted molar refractivity (Wildman–Crippen MR) is 293 cm³/mol. The van der Waals surface area contributed by atoms with Gasteiger partial charge in [0.15, 0.2) is 11.5 Å². The molecule has 0 saturated heterocycles. The van der Waals surface area contributed by atoms with Crippen LogP contribution in [-0.4, -0.2) is 13.2 Å². The number of fused-ring (bicyclic) bond motifs is 7. The summed E-state index contributed by atoms with van der Waals surface area (Å²) in [5.74, 6) is 1.87. The Kier molecular flexibility index (Phi) is 12.3. The number of nitrogens with zero attached hydrogens (tertiary/aromatic N) is 1. The maximum absolute atomic E-state index is 6.54. The summed E-state index contributed by atoms with van der Waals surface area (Å²) >= 11 is 5.64. The van der Waals surface area contributed by atoms with Gasteiger partial charge in [-0.05, 0) is 141 Å². The van der Waals surface area contributed by atoms with Crippen LogP contribution in [0.4, 0.5) is 17.1 Å². The van der Waals surface area contributed by atoms with Gasteiger partial charge in [-0.3, -0.25) is 0 Å². The van der Waals surface area contributed by atoms with Crippen LogP contribution in [0.1, 0.15) is 126 Å². The molecule has 0 bridgehead atoms. The third-order valence-electron chi connectivity index (χ3n) is 15.0. The number of rotatable bonds is 16. The minimum absolute atomic E-state index is 0.108. The molecule has 0 radical (unpaired) electrons. The average molecular weight is 950 g/mol. The van der Waals surface area contributed by atoms with Crippen LogP contribution in [0, 0.1) is 0 Å². The number of thiophene rings is 3. The Morgan fingerprint density at radius 2 is 1.00 bits per heavy atom. The molecule has 0 N–H and O–H groups in total. The molecule has 4 heterocycles. The summed E-state index contributed by atoms with van der Waals surface area (Å²) in [5, 5.41) is 2.26. The Bertz CT molecular complexity index is 3020. The zero-order valence-electron chi connectivity index (χ0n) is 40.6. The molecule has 0 atom stereocenters. The predicted octanol–water partition coefficient (Wildman–Crippen LogP) is 19.0. The number of unbranched alkanes of at least 4 members (excludes halogenated alkanes) is 6. The third-order valence-corrected chi connectivity index (χ3v) is 18.7. The molecule has 68 heavy (non-hydrogen) atoms. The van der Waals surface area contributed by atoms with Gasteiger partial charge in [0.05, 0.1) is 14.6 Å². The van der Waals surface area contributed by atoms with Crippen molar-refractivity contribution in [2.45, 2.75) is 117 Å². The lowest BCUT2D eigenvalue weighted by molar-refractivity contribution is 0.175. The van der Waals surface area contributed by atoms with Gasteiger partial charge < -0.3 is 14.4 Å². The first-order chi connectivity index (χ1) is 33.2. The Morgan fingerprint density at radius 3 is 1.59 bits per heavy atom. The molecular weight excluding hydrogens is 887 g/mol. The first-order valence-corrected chi connectivity index (χ1v) is 27.7. The van der Waals surface area contributed by atoms with E-state index in [-0.39, 0.29) is 10.8 Å². The normalized spacial score (nSPS) is 14.7. The van der Waals surface area contributed by atoms with Crippen molar-refractivity contribution in [2.24, 2.45) is 0 Å². The molecule has 5 aromatic carbocycles. The molecule has 3 nitrogen and oxygen atoms in total. The van der Waals surface area contributed by atoms with Crippen molar-refractivity contribution in [1.29, 1.82) is 0 Å². The lowest BCUT2D eigenvalue weighted by Crippen LogP contribution is -2.18. The number of aryl methyl sites for hydroxylation is 2. The Morgan fingerprint density at radius 1 is 0.471 bits per heavy atom. The fourth-order valence-corrected chi connectivity index (χ4v) is 15.0. The van der Waals surface area contributed by atoms with E-state index in [9.17, 15) is 0 Å². The van der Waals surface area contributed by atoms with Crippen LogP contribution >= 0.6 is 34.0 Å². The van der Waals surface area contributed by atoms with E-state index in [0.29, 0.717) is 13.2 Å². The van der Waals surface area contributed by atoms with Crippen molar-refractivity contribution in [3.05, 3.63) is 160 Å². The fraction of sp³-hybridized carbons (Fsp3) is 0.323. The molecule has 11 rings (SSSR count). The van der Waals surface area contributed by atoms with Gasteiger partial charge in [0.1, 0.15) is 13.2 Å². The maximum atomic E-state index is 6.54. The summed E-state index contributed by atoms with van der Waals surface area (Å²) in [6, 6.07) is 46.5. The zero-order valence-corrected chi connectivity index (χ0v) is 43.0. The van der Waals surface area contributed by atoms with Crippen LogP contribution in [0.25, 0.3) is 52.2 Å². The van der Waals surface area contributed by atoms with Gasteiger partial charge in [0.2, 0.25) is 0 Å². The van der Waals surface area contributed by atoms with Crippen molar-refractivity contribution in [1.82, 2.24) is 0 Å². The van der Waals surface area contributed by atoms with Gasteiger partial charge >= 0.3 is 0 Å². The minimum atomic E-state index is -0.108. The second-order valence-corrected chi connectivity index (χ2v) is 23.1. The van der Waals surface area contributed by atoms with Gasteiger partial charge in [-0.25, -0.2) is 0 Å². The van der Waals surface area contributed by atoms with Crippen LogP contribution in [0.3, 0.4) is 0 Å². The van der Waals surface area contributed by atoms with E-state index in [1.54, 1.807) is 0 Å². The van der Waals surface area contributed by atoms with E-state index in [1.165, 1.54) is 148 Å². The standard InChI is InChI=1S/C62H63NO2S3/c1-7-9-11-13-19-40-33-36-66-58(40)60-56-55(64-34-35-65-56)59(68-60)54-37-42(20-14-12-10-8-2)57(67-54)41-25-27-43(28-26-41)63(44-29-31-48-46-21-15-17-23-50(46)61(3,4)52(48)38-44)45-30-32-49-47-22-16-18-24-51(47)62(5,6)53(49)39-45/h15-18,21-33,36-39H,7-14,19-20,34-35H2,1-6H3. The molecule has 8 aromatic rings. The van der Waals surface area contributed by atoms with Gasteiger partial charge in [-0.2, -0.15) is 0 Å². The van der Waals surface area contributed by atoms with Gasteiger partial charge in [-0.15, -0.1) is 34.0 Å². The van der Waals surface area contributed by atoms with E-state index in [4.69, 9.17) is 9.47 Å². The molecule has 1 aliphatic heterocycles. The molecule has 0 saturated carbocycles. The Balaban J connectivity index is 0.993. The summed E-state index contributed by atoms with van der Waals surface area (Å²) in [7, 11) is 0. The summed E-state index contributed by atoms with van der Waals surface area (Å²) in [4.78, 5) is 8.92. The molecule has 0 fully saturated rings. The lowest BCUT2D eigenvalue weighted by atomic mass is 9.82. The lowest BCUT2D eigenvalue weighted by Gasteiger charge is -2.30. The minimum Gasteiger partial charge on any atom is -0.485 e. The van der Waals surface area contributed by atoms with Crippen LogP contribution in [0.2, 0.25) is 0 Å².